The fourth-order valence-corrected chi connectivity index (χ4v) is 3.89. The number of likely N-dealkylation sites (N-methyl/N-ethyl adjacent to an activating group) is 1. The van der Waals surface area contributed by atoms with Crippen molar-refractivity contribution in [2.75, 3.05) is 13.6 Å². The highest BCUT2D eigenvalue weighted by Crippen LogP contribution is 2.27. The lowest BCUT2D eigenvalue weighted by molar-refractivity contribution is 0.467. The van der Waals surface area contributed by atoms with Gasteiger partial charge >= 0.3 is 0 Å². The van der Waals surface area contributed by atoms with Gasteiger partial charge in [0.1, 0.15) is 0 Å². The molecule has 0 saturated heterocycles. The lowest BCUT2D eigenvalue weighted by Gasteiger charge is -2.24. The number of benzene rings is 1. The number of nitrogens with one attached hydrogen (secondary N) is 2. The average molecular weight is 298 g/mol. The van der Waals surface area contributed by atoms with Crippen LogP contribution in [0, 0.1) is 0 Å². The maximum atomic E-state index is 12.4. The van der Waals surface area contributed by atoms with Gasteiger partial charge in [-0.05, 0) is 37.4 Å². The van der Waals surface area contributed by atoms with Gasteiger partial charge in [0.15, 0.2) is 0 Å². The van der Waals surface area contributed by atoms with Crippen LogP contribution in [0.5, 0.6) is 0 Å². The maximum Gasteiger partial charge on any atom is 0.240 e. The van der Waals surface area contributed by atoms with Crippen LogP contribution in [-0.4, -0.2) is 28.1 Å². The molecule has 0 bridgehead atoms. The number of hydrogen-bond donors (Lipinski definition) is 2. The molecule has 0 aliphatic rings. The molecule has 0 fully saturated rings. The Kier molecular flexibility index (Phi) is 6.65. The van der Waals surface area contributed by atoms with Gasteiger partial charge in [0, 0.05) is 12.6 Å². The summed E-state index contributed by atoms with van der Waals surface area (Å²) in [4.78, 5) is 0.398. The minimum absolute atomic E-state index is 0.138. The van der Waals surface area contributed by atoms with Crippen LogP contribution < -0.4 is 10.0 Å². The summed E-state index contributed by atoms with van der Waals surface area (Å²) < 4.78 is 27.4. The van der Waals surface area contributed by atoms with Crippen LogP contribution in [0.3, 0.4) is 0 Å². The minimum Gasteiger partial charge on any atom is -0.316 e. The Morgan fingerprint density at radius 1 is 1.20 bits per heavy atom. The summed E-state index contributed by atoms with van der Waals surface area (Å²) in [6.45, 7) is 6.59. The summed E-state index contributed by atoms with van der Waals surface area (Å²) in [5, 5.41) is 3.26. The molecule has 1 rings (SSSR count). The molecule has 0 saturated carbocycles. The summed E-state index contributed by atoms with van der Waals surface area (Å²) >= 11 is 0. The standard InChI is InChI=1S/C15H26N2O2S/c1-5-11-17-20(18,19)15-10-8-7-9-13(15)12(3)14(6-2)16-4/h7-10,12,14,16-17H,5-6,11H2,1-4H3. The second-order valence-corrected chi connectivity index (χ2v) is 6.76. The van der Waals surface area contributed by atoms with Crippen molar-refractivity contribution < 1.29 is 8.42 Å². The SMILES string of the molecule is CCCNS(=O)(=O)c1ccccc1C(C)C(CC)NC. The molecular formula is C15H26N2O2S. The molecule has 5 heteroatoms. The van der Waals surface area contributed by atoms with E-state index < -0.39 is 10.0 Å². The summed E-state index contributed by atoms with van der Waals surface area (Å²) in [7, 11) is -1.51. The highest BCUT2D eigenvalue weighted by atomic mass is 32.2. The molecule has 0 spiro atoms. The Balaban J connectivity index is 3.17. The Bertz CT molecular complexity index is 510. The summed E-state index contributed by atoms with van der Waals surface area (Å²) in [6, 6.07) is 7.53. The monoisotopic (exact) mass is 298 g/mol. The van der Waals surface area contributed by atoms with Crippen LogP contribution in [0.25, 0.3) is 0 Å². The second kappa shape index (κ2) is 7.76. The molecule has 2 unspecified atom stereocenters. The Hall–Kier alpha value is -0.910. The normalized spacial score (nSPS) is 15.0. The van der Waals surface area contributed by atoms with E-state index in [1.165, 1.54) is 0 Å². The predicted molar refractivity (Wildman–Crippen MR) is 83.5 cm³/mol. The van der Waals surface area contributed by atoms with E-state index >= 15 is 0 Å². The summed E-state index contributed by atoms with van der Waals surface area (Å²) in [5.74, 6) is 0.138. The van der Waals surface area contributed by atoms with E-state index in [0.29, 0.717) is 11.4 Å². The van der Waals surface area contributed by atoms with E-state index in [4.69, 9.17) is 0 Å². The molecule has 1 aromatic rings. The Morgan fingerprint density at radius 3 is 2.40 bits per heavy atom. The molecule has 1 aromatic carbocycles. The fraction of sp³-hybridized carbons (Fsp3) is 0.600. The quantitative estimate of drug-likeness (QED) is 0.775. The molecule has 0 heterocycles. The predicted octanol–water partition coefficient (Wildman–Crippen LogP) is 2.48. The molecule has 0 aliphatic heterocycles. The topological polar surface area (TPSA) is 58.2 Å². The van der Waals surface area contributed by atoms with Crippen molar-refractivity contribution in [3.05, 3.63) is 29.8 Å². The van der Waals surface area contributed by atoms with Gasteiger partial charge < -0.3 is 5.32 Å². The van der Waals surface area contributed by atoms with Gasteiger partial charge in [-0.3, -0.25) is 0 Å². The van der Waals surface area contributed by atoms with Crippen LogP contribution in [0.15, 0.2) is 29.2 Å². The van der Waals surface area contributed by atoms with Gasteiger partial charge in [0.25, 0.3) is 0 Å². The third-order valence-corrected chi connectivity index (χ3v) is 5.19. The van der Waals surface area contributed by atoms with Gasteiger partial charge in [-0.2, -0.15) is 0 Å². The summed E-state index contributed by atoms with van der Waals surface area (Å²) in [6.07, 6.45) is 1.74. The molecule has 0 aromatic heterocycles. The molecule has 4 nitrogen and oxygen atoms in total. The zero-order valence-corrected chi connectivity index (χ0v) is 13.6. The van der Waals surface area contributed by atoms with E-state index in [1.807, 2.05) is 26.1 Å². The second-order valence-electron chi connectivity index (χ2n) is 5.03. The third-order valence-electron chi connectivity index (χ3n) is 3.66. The van der Waals surface area contributed by atoms with E-state index in [-0.39, 0.29) is 12.0 Å². The molecular weight excluding hydrogens is 272 g/mol. The zero-order chi connectivity index (χ0) is 15.2. The van der Waals surface area contributed by atoms with Gasteiger partial charge in [0.2, 0.25) is 10.0 Å². The largest absolute Gasteiger partial charge is 0.316 e. The van der Waals surface area contributed by atoms with E-state index in [2.05, 4.69) is 23.9 Å². The zero-order valence-electron chi connectivity index (χ0n) is 12.8. The van der Waals surface area contributed by atoms with Crippen LogP contribution in [0.1, 0.15) is 45.1 Å². The summed E-state index contributed by atoms with van der Waals surface area (Å²) in [5.41, 5.74) is 0.873. The van der Waals surface area contributed by atoms with Gasteiger partial charge in [0.05, 0.1) is 4.90 Å². The van der Waals surface area contributed by atoms with Crippen molar-refractivity contribution in [1.82, 2.24) is 10.0 Å². The lowest BCUT2D eigenvalue weighted by Crippen LogP contribution is -2.32. The minimum atomic E-state index is -3.43. The first-order valence-corrected chi connectivity index (χ1v) is 8.72. The van der Waals surface area contributed by atoms with Crippen molar-refractivity contribution in [1.29, 1.82) is 0 Å². The van der Waals surface area contributed by atoms with Gasteiger partial charge in [-0.15, -0.1) is 0 Å². The van der Waals surface area contributed by atoms with Crippen LogP contribution in [0.4, 0.5) is 0 Å². The maximum absolute atomic E-state index is 12.4. The van der Waals surface area contributed by atoms with Crippen molar-refractivity contribution in [3.63, 3.8) is 0 Å². The molecule has 0 radical (unpaired) electrons. The van der Waals surface area contributed by atoms with Crippen LogP contribution >= 0.6 is 0 Å². The van der Waals surface area contributed by atoms with E-state index in [9.17, 15) is 8.42 Å². The van der Waals surface area contributed by atoms with Crippen LogP contribution in [0.2, 0.25) is 0 Å². The lowest BCUT2D eigenvalue weighted by atomic mass is 9.92. The Morgan fingerprint density at radius 2 is 1.85 bits per heavy atom. The first kappa shape index (κ1) is 17.1. The first-order valence-electron chi connectivity index (χ1n) is 7.23. The molecule has 0 amide bonds. The molecule has 2 N–H and O–H groups in total. The fourth-order valence-electron chi connectivity index (χ4n) is 2.44. The number of rotatable bonds is 8. The average Bonchev–Trinajstić information content (AvgIpc) is 2.46. The molecule has 114 valence electrons. The number of hydrogen-bond acceptors (Lipinski definition) is 3. The third kappa shape index (κ3) is 4.04. The van der Waals surface area contributed by atoms with Gasteiger partial charge in [-0.1, -0.05) is 39.0 Å². The number of sulfonamides is 1. The molecule has 2 atom stereocenters. The van der Waals surface area contributed by atoms with E-state index in [0.717, 1.165) is 18.4 Å². The van der Waals surface area contributed by atoms with Crippen LogP contribution in [-0.2, 0) is 10.0 Å². The highest BCUT2D eigenvalue weighted by molar-refractivity contribution is 7.89. The molecule has 20 heavy (non-hydrogen) atoms. The van der Waals surface area contributed by atoms with E-state index in [1.54, 1.807) is 12.1 Å². The molecule has 0 aliphatic carbocycles. The Labute approximate surface area is 123 Å². The van der Waals surface area contributed by atoms with Crippen molar-refractivity contribution in [3.8, 4) is 0 Å². The van der Waals surface area contributed by atoms with Crippen molar-refractivity contribution >= 4 is 10.0 Å². The van der Waals surface area contributed by atoms with Crippen molar-refractivity contribution in [2.45, 2.75) is 50.5 Å². The van der Waals surface area contributed by atoms with Gasteiger partial charge in [-0.25, -0.2) is 13.1 Å². The highest BCUT2D eigenvalue weighted by Gasteiger charge is 2.24. The first-order chi connectivity index (χ1) is 9.47. The smallest absolute Gasteiger partial charge is 0.240 e. The van der Waals surface area contributed by atoms with Crippen molar-refractivity contribution in [2.24, 2.45) is 0 Å².